The molecule has 0 aliphatic heterocycles. The van der Waals surface area contributed by atoms with Crippen molar-refractivity contribution in [1.29, 1.82) is 5.41 Å². The first kappa shape index (κ1) is 6.68. The van der Waals surface area contributed by atoms with Gasteiger partial charge in [-0.3, -0.25) is 4.98 Å². The highest BCUT2D eigenvalue weighted by molar-refractivity contribution is 5.75. The third-order valence-electron chi connectivity index (χ3n) is 1.07. The molecule has 0 unspecified atom stereocenters. The SMILES string of the molecule is N=C/C=C/c1cccnc1. The van der Waals surface area contributed by atoms with Crippen LogP contribution in [0.2, 0.25) is 0 Å². The Bertz CT molecular complexity index is 226. The predicted molar refractivity (Wildman–Crippen MR) is 42.1 cm³/mol. The van der Waals surface area contributed by atoms with Gasteiger partial charge in [-0.25, -0.2) is 0 Å². The monoisotopic (exact) mass is 132 g/mol. The lowest BCUT2D eigenvalue weighted by molar-refractivity contribution is 1.32. The van der Waals surface area contributed by atoms with Crippen LogP contribution in [-0.4, -0.2) is 11.2 Å². The summed E-state index contributed by atoms with van der Waals surface area (Å²) in [5.74, 6) is 0. The first-order valence-electron chi connectivity index (χ1n) is 3.00. The van der Waals surface area contributed by atoms with E-state index >= 15 is 0 Å². The zero-order valence-corrected chi connectivity index (χ0v) is 5.49. The predicted octanol–water partition coefficient (Wildman–Crippen LogP) is 1.74. The Morgan fingerprint density at radius 2 is 2.40 bits per heavy atom. The number of allylic oxidation sites excluding steroid dienone is 1. The second-order valence-corrected chi connectivity index (χ2v) is 1.81. The minimum absolute atomic E-state index is 1.02. The minimum Gasteiger partial charge on any atom is -0.309 e. The van der Waals surface area contributed by atoms with Gasteiger partial charge in [-0.05, 0) is 17.7 Å². The van der Waals surface area contributed by atoms with Gasteiger partial charge in [-0.1, -0.05) is 12.1 Å². The van der Waals surface area contributed by atoms with Crippen LogP contribution in [0.1, 0.15) is 5.56 Å². The lowest BCUT2D eigenvalue weighted by Gasteiger charge is -1.86. The Labute approximate surface area is 59.7 Å². The standard InChI is InChI=1S/C8H8N2/c9-5-1-3-8-4-2-6-10-7-8/h1-7,9H/b3-1+,9-5?. The first-order chi connectivity index (χ1) is 4.93. The first-order valence-corrected chi connectivity index (χ1v) is 3.00. The van der Waals surface area contributed by atoms with Crippen molar-refractivity contribution >= 4 is 12.3 Å². The van der Waals surface area contributed by atoms with Crippen molar-refractivity contribution in [2.75, 3.05) is 0 Å². The number of pyridine rings is 1. The number of rotatable bonds is 2. The van der Waals surface area contributed by atoms with E-state index in [-0.39, 0.29) is 0 Å². The van der Waals surface area contributed by atoms with Gasteiger partial charge < -0.3 is 5.41 Å². The lowest BCUT2D eigenvalue weighted by Crippen LogP contribution is -1.72. The maximum Gasteiger partial charge on any atom is 0.0340 e. The van der Waals surface area contributed by atoms with Crippen LogP contribution in [0, 0.1) is 5.41 Å². The Morgan fingerprint density at radius 3 is 3.00 bits per heavy atom. The highest BCUT2D eigenvalue weighted by Crippen LogP contribution is 1.96. The lowest BCUT2D eigenvalue weighted by atomic mass is 10.3. The van der Waals surface area contributed by atoms with Gasteiger partial charge in [0.05, 0.1) is 0 Å². The van der Waals surface area contributed by atoms with Crippen molar-refractivity contribution in [3.8, 4) is 0 Å². The molecule has 1 aromatic rings. The zero-order chi connectivity index (χ0) is 7.23. The molecule has 0 fully saturated rings. The molecule has 0 amide bonds. The molecular weight excluding hydrogens is 124 g/mol. The fourth-order valence-corrected chi connectivity index (χ4v) is 0.634. The van der Waals surface area contributed by atoms with Gasteiger partial charge in [-0.15, -0.1) is 0 Å². The number of nitrogens with one attached hydrogen (secondary N) is 1. The summed E-state index contributed by atoms with van der Waals surface area (Å²) in [5, 5.41) is 6.72. The average Bonchev–Trinajstić information content (AvgIpc) is 2.03. The largest absolute Gasteiger partial charge is 0.309 e. The molecule has 1 rings (SSSR count). The molecule has 0 bridgehead atoms. The van der Waals surface area contributed by atoms with E-state index < -0.39 is 0 Å². The number of aromatic nitrogens is 1. The quantitative estimate of drug-likeness (QED) is 0.611. The Hall–Kier alpha value is -1.44. The van der Waals surface area contributed by atoms with Crippen LogP contribution >= 0.6 is 0 Å². The summed E-state index contributed by atoms with van der Waals surface area (Å²) in [6.07, 6.45) is 8.21. The molecule has 0 aliphatic carbocycles. The summed E-state index contributed by atoms with van der Waals surface area (Å²) in [4.78, 5) is 3.91. The fraction of sp³-hybridized carbons (Fsp3) is 0. The van der Waals surface area contributed by atoms with E-state index in [0.29, 0.717) is 0 Å². The molecule has 0 atom stereocenters. The molecule has 1 N–H and O–H groups in total. The van der Waals surface area contributed by atoms with E-state index in [1.54, 1.807) is 18.5 Å². The minimum atomic E-state index is 1.02. The van der Waals surface area contributed by atoms with Crippen LogP contribution in [0.4, 0.5) is 0 Å². The molecule has 0 spiro atoms. The van der Waals surface area contributed by atoms with Crippen LogP contribution in [-0.2, 0) is 0 Å². The molecule has 0 saturated carbocycles. The van der Waals surface area contributed by atoms with E-state index in [9.17, 15) is 0 Å². The molecule has 2 heteroatoms. The molecule has 10 heavy (non-hydrogen) atoms. The molecule has 2 nitrogen and oxygen atoms in total. The molecule has 0 aliphatic rings. The maximum absolute atomic E-state index is 6.72. The van der Waals surface area contributed by atoms with Crippen molar-refractivity contribution in [3.05, 3.63) is 36.2 Å². The normalized spacial score (nSPS) is 10.0. The second-order valence-electron chi connectivity index (χ2n) is 1.81. The van der Waals surface area contributed by atoms with Gasteiger partial charge >= 0.3 is 0 Å². The van der Waals surface area contributed by atoms with E-state index in [4.69, 9.17) is 5.41 Å². The third-order valence-corrected chi connectivity index (χ3v) is 1.07. The molecular formula is C8H8N2. The van der Waals surface area contributed by atoms with E-state index in [1.807, 2.05) is 18.2 Å². The van der Waals surface area contributed by atoms with Crippen LogP contribution in [0.15, 0.2) is 30.6 Å². The Morgan fingerprint density at radius 1 is 1.50 bits per heavy atom. The third kappa shape index (κ3) is 1.82. The van der Waals surface area contributed by atoms with Crippen molar-refractivity contribution < 1.29 is 0 Å². The summed E-state index contributed by atoms with van der Waals surface area (Å²) in [6, 6.07) is 3.80. The number of hydrogen-bond donors (Lipinski definition) is 1. The maximum atomic E-state index is 6.72. The van der Waals surface area contributed by atoms with Crippen molar-refractivity contribution in [2.24, 2.45) is 0 Å². The van der Waals surface area contributed by atoms with Crippen LogP contribution in [0.5, 0.6) is 0 Å². The van der Waals surface area contributed by atoms with Crippen molar-refractivity contribution in [2.45, 2.75) is 0 Å². The highest BCUT2D eigenvalue weighted by Gasteiger charge is 1.79. The van der Waals surface area contributed by atoms with Gasteiger partial charge in [0.15, 0.2) is 0 Å². The van der Waals surface area contributed by atoms with Gasteiger partial charge in [-0.2, -0.15) is 0 Å². The summed E-state index contributed by atoms with van der Waals surface area (Å²) < 4.78 is 0. The van der Waals surface area contributed by atoms with Crippen molar-refractivity contribution in [1.82, 2.24) is 4.98 Å². The highest BCUT2D eigenvalue weighted by atomic mass is 14.6. The smallest absolute Gasteiger partial charge is 0.0340 e. The van der Waals surface area contributed by atoms with Crippen LogP contribution in [0.3, 0.4) is 0 Å². The van der Waals surface area contributed by atoms with Crippen LogP contribution in [0.25, 0.3) is 6.08 Å². The zero-order valence-electron chi connectivity index (χ0n) is 5.49. The molecule has 0 aromatic carbocycles. The Balaban J connectivity index is 2.76. The Kier molecular flexibility index (Phi) is 2.38. The summed E-state index contributed by atoms with van der Waals surface area (Å²) in [5.41, 5.74) is 1.02. The number of hydrogen-bond acceptors (Lipinski definition) is 2. The molecule has 0 saturated heterocycles. The van der Waals surface area contributed by atoms with E-state index in [1.165, 1.54) is 6.21 Å². The molecule has 1 aromatic heterocycles. The number of nitrogens with zero attached hydrogens (tertiary/aromatic N) is 1. The van der Waals surface area contributed by atoms with E-state index in [2.05, 4.69) is 4.98 Å². The van der Waals surface area contributed by atoms with E-state index in [0.717, 1.165) is 5.56 Å². The topological polar surface area (TPSA) is 36.7 Å². The van der Waals surface area contributed by atoms with Gasteiger partial charge in [0.2, 0.25) is 0 Å². The van der Waals surface area contributed by atoms with Gasteiger partial charge in [0.1, 0.15) is 0 Å². The second kappa shape index (κ2) is 3.56. The van der Waals surface area contributed by atoms with Crippen molar-refractivity contribution in [3.63, 3.8) is 0 Å². The fourth-order valence-electron chi connectivity index (χ4n) is 0.634. The molecule has 1 heterocycles. The average molecular weight is 132 g/mol. The van der Waals surface area contributed by atoms with Gasteiger partial charge in [0, 0.05) is 18.6 Å². The summed E-state index contributed by atoms with van der Waals surface area (Å²) in [7, 11) is 0. The summed E-state index contributed by atoms with van der Waals surface area (Å²) >= 11 is 0. The molecule has 0 radical (unpaired) electrons. The summed E-state index contributed by atoms with van der Waals surface area (Å²) in [6.45, 7) is 0. The van der Waals surface area contributed by atoms with Crippen LogP contribution < -0.4 is 0 Å². The van der Waals surface area contributed by atoms with Gasteiger partial charge in [0.25, 0.3) is 0 Å². The molecule has 50 valence electrons.